The summed E-state index contributed by atoms with van der Waals surface area (Å²) in [6.07, 6.45) is 2.75. The van der Waals surface area contributed by atoms with Crippen molar-refractivity contribution in [3.05, 3.63) is 23.8 Å². The molecule has 2 unspecified atom stereocenters. The minimum absolute atomic E-state index is 0.437. The molecule has 3 heteroatoms. The van der Waals surface area contributed by atoms with E-state index >= 15 is 0 Å². The Kier molecular flexibility index (Phi) is 4.01. The van der Waals surface area contributed by atoms with Crippen LogP contribution in [0.15, 0.2) is 12.4 Å². The smallest absolute Gasteiger partial charge is 0.115 e. The van der Waals surface area contributed by atoms with Crippen LogP contribution in [-0.4, -0.2) is 23.1 Å². The van der Waals surface area contributed by atoms with Crippen LogP contribution in [0.3, 0.4) is 0 Å². The van der Waals surface area contributed by atoms with Crippen molar-refractivity contribution in [3.63, 3.8) is 0 Å². The number of nitrogens with zero attached hydrogens (tertiary/aromatic N) is 2. The molecule has 1 N–H and O–H groups in total. The van der Waals surface area contributed by atoms with Gasteiger partial charge in [0.05, 0.1) is 0 Å². The normalized spacial score (nSPS) is 15.1. The van der Waals surface area contributed by atoms with E-state index in [2.05, 4.69) is 35.2 Å². The van der Waals surface area contributed by atoms with E-state index in [0.29, 0.717) is 12.0 Å². The third-order valence-corrected chi connectivity index (χ3v) is 2.71. The van der Waals surface area contributed by atoms with Crippen LogP contribution in [0, 0.1) is 6.92 Å². The first-order valence-corrected chi connectivity index (χ1v) is 5.14. The van der Waals surface area contributed by atoms with Crippen LogP contribution in [-0.2, 0) is 0 Å². The molecule has 1 heterocycles. The molecule has 1 rings (SSSR count). The summed E-state index contributed by atoms with van der Waals surface area (Å²) < 4.78 is 0. The van der Waals surface area contributed by atoms with Crippen LogP contribution in [0.25, 0.3) is 0 Å². The number of likely N-dealkylation sites (N-methyl/N-ethyl adjacent to an activating group) is 1. The largest absolute Gasteiger partial charge is 0.316 e. The molecule has 78 valence electrons. The Morgan fingerprint density at radius 1 is 1.43 bits per heavy atom. The van der Waals surface area contributed by atoms with Crippen LogP contribution < -0.4 is 5.32 Å². The summed E-state index contributed by atoms with van der Waals surface area (Å²) in [6.45, 7) is 6.39. The Labute approximate surface area is 86.0 Å². The summed E-state index contributed by atoms with van der Waals surface area (Å²) in [5.41, 5.74) is 2.16. The molecule has 0 radical (unpaired) electrons. The highest BCUT2D eigenvalue weighted by atomic mass is 14.9. The van der Waals surface area contributed by atoms with Crippen LogP contribution in [0.2, 0.25) is 0 Å². The van der Waals surface area contributed by atoms with Gasteiger partial charge in [0.1, 0.15) is 6.33 Å². The van der Waals surface area contributed by atoms with Crippen LogP contribution in [0.5, 0.6) is 0 Å². The van der Waals surface area contributed by atoms with Crippen molar-refractivity contribution >= 4 is 0 Å². The molecular weight excluding hydrogens is 174 g/mol. The van der Waals surface area contributed by atoms with Crippen LogP contribution in [0.4, 0.5) is 0 Å². The number of rotatable bonds is 4. The van der Waals surface area contributed by atoms with Gasteiger partial charge < -0.3 is 5.32 Å². The molecule has 0 aliphatic carbocycles. The van der Waals surface area contributed by atoms with E-state index in [1.54, 1.807) is 6.33 Å². The Morgan fingerprint density at radius 2 is 2.14 bits per heavy atom. The Hall–Kier alpha value is -0.960. The summed E-state index contributed by atoms with van der Waals surface area (Å²) in [4.78, 5) is 8.41. The van der Waals surface area contributed by atoms with Crippen molar-refractivity contribution in [2.24, 2.45) is 0 Å². The summed E-state index contributed by atoms with van der Waals surface area (Å²) >= 11 is 0. The molecule has 0 aliphatic rings. The molecule has 0 spiro atoms. The van der Waals surface area contributed by atoms with Gasteiger partial charge in [-0.1, -0.05) is 13.8 Å². The van der Waals surface area contributed by atoms with Crippen molar-refractivity contribution in [2.75, 3.05) is 7.05 Å². The van der Waals surface area contributed by atoms with Crippen molar-refractivity contribution < 1.29 is 0 Å². The van der Waals surface area contributed by atoms with E-state index in [0.717, 1.165) is 17.8 Å². The Morgan fingerprint density at radius 3 is 2.64 bits per heavy atom. The lowest BCUT2D eigenvalue weighted by Gasteiger charge is -2.21. The zero-order chi connectivity index (χ0) is 10.6. The fourth-order valence-corrected chi connectivity index (χ4v) is 1.74. The maximum atomic E-state index is 4.31. The lowest BCUT2D eigenvalue weighted by molar-refractivity contribution is 0.465. The zero-order valence-corrected chi connectivity index (χ0v) is 9.41. The summed E-state index contributed by atoms with van der Waals surface area (Å²) in [6, 6.07) is 2.55. The number of hydrogen-bond acceptors (Lipinski definition) is 3. The SMILES string of the molecule is CCC(NC)C(C)c1cc(C)ncn1. The molecule has 3 nitrogen and oxygen atoms in total. The van der Waals surface area contributed by atoms with Gasteiger partial charge in [0, 0.05) is 23.3 Å². The first kappa shape index (κ1) is 11.1. The Bertz CT molecular complexity index is 282. The van der Waals surface area contributed by atoms with Crippen LogP contribution >= 0.6 is 0 Å². The minimum Gasteiger partial charge on any atom is -0.316 e. The van der Waals surface area contributed by atoms with Gasteiger partial charge in [0.15, 0.2) is 0 Å². The second kappa shape index (κ2) is 5.05. The lowest BCUT2D eigenvalue weighted by Crippen LogP contribution is -2.30. The molecule has 0 aromatic carbocycles. The van der Waals surface area contributed by atoms with Crippen molar-refractivity contribution in [1.29, 1.82) is 0 Å². The van der Waals surface area contributed by atoms with Crippen molar-refractivity contribution in [3.8, 4) is 0 Å². The van der Waals surface area contributed by atoms with E-state index < -0.39 is 0 Å². The van der Waals surface area contributed by atoms with Gasteiger partial charge in [0.2, 0.25) is 0 Å². The van der Waals surface area contributed by atoms with Crippen molar-refractivity contribution in [2.45, 2.75) is 39.2 Å². The second-order valence-corrected chi connectivity index (χ2v) is 3.68. The molecule has 0 saturated heterocycles. The van der Waals surface area contributed by atoms with E-state index in [-0.39, 0.29) is 0 Å². The third kappa shape index (κ3) is 2.51. The molecule has 14 heavy (non-hydrogen) atoms. The molecule has 0 aliphatic heterocycles. The first-order valence-electron chi connectivity index (χ1n) is 5.14. The standard InChI is InChI=1S/C11H19N3/c1-5-10(12-4)9(3)11-6-8(2)13-7-14-11/h6-7,9-10,12H,5H2,1-4H3. The molecule has 1 aromatic rings. The Balaban J connectivity index is 2.82. The van der Waals surface area contributed by atoms with Gasteiger partial charge in [-0.05, 0) is 26.5 Å². The molecule has 0 saturated carbocycles. The fourth-order valence-electron chi connectivity index (χ4n) is 1.74. The van der Waals surface area contributed by atoms with E-state index in [1.807, 2.05) is 14.0 Å². The predicted molar refractivity (Wildman–Crippen MR) is 58.3 cm³/mol. The van der Waals surface area contributed by atoms with Gasteiger partial charge in [-0.15, -0.1) is 0 Å². The van der Waals surface area contributed by atoms with Crippen molar-refractivity contribution in [1.82, 2.24) is 15.3 Å². The number of aryl methyl sites for hydroxylation is 1. The lowest BCUT2D eigenvalue weighted by atomic mass is 9.96. The average Bonchev–Trinajstić information content (AvgIpc) is 2.19. The molecule has 0 amide bonds. The molecule has 2 atom stereocenters. The monoisotopic (exact) mass is 193 g/mol. The minimum atomic E-state index is 0.437. The van der Waals surface area contributed by atoms with Crippen LogP contribution in [0.1, 0.15) is 37.6 Å². The van der Waals surface area contributed by atoms with Gasteiger partial charge in [-0.25, -0.2) is 9.97 Å². The highest BCUT2D eigenvalue weighted by molar-refractivity contribution is 5.12. The quantitative estimate of drug-likeness (QED) is 0.793. The maximum Gasteiger partial charge on any atom is 0.115 e. The zero-order valence-electron chi connectivity index (χ0n) is 9.41. The number of hydrogen-bond donors (Lipinski definition) is 1. The van der Waals surface area contributed by atoms with E-state index in [1.165, 1.54) is 0 Å². The summed E-state index contributed by atoms with van der Waals surface area (Å²) in [5, 5.41) is 3.31. The molecule has 0 fully saturated rings. The fraction of sp³-hybridized carbons (Fsp3) is 0.636. The number of nitrogens with one attached hydrogen (secondary N) is 1. The van der Waals surface area contributed by atoms with Gasteiger partial charge >= 0.3 is 0 Å². The highest BCUT2D eigenvalue weighted by Gasteiger charge is 2.16. The molecule has 0 bridgehead atoms. The third-order valence-electron chi connectivity index (χ3n) is 2.71. The average molecular weight is 193 g/mol. The van der Waals surface area contributed by atoms with Gasteiger partial charge in [0.25, 0.3) is 0 Å². The highest BCUT2D eigenvalue weighted by Crippen LogP contribution is 2.18. The van der Waals surface area contributed by atoms with E-state index in [4.69, 9.17) is 0 Å². The maximum absolute atomic E-state index is 4.31. The second-order valence-electron chi connectivity index (χ2n) is 3.68. The predicted octanol–water partition coefficient (Wildman–Crippen LogP) is 1.89. The van der Waals surface area contributed by atoms with Gasteiger partial charge in [-0.2, -0.15) is 0 Å². The first-order chi connectivity index (χ1) is 6.69. The molecular formula is C11H19N3. The summed E-state index contributed by atoms with van der Waals surface area (Å²) in [7, 11) is 2.00. The summed E-state index contributed by atoms with van der Waals surface area (Å²) in [5.74, 6) is 0.437. The molecule has 1 aromatic heterocycles. The van der Waals surface area contributed by atoms with E-state index in [9.17, 15) is 0 Å². The van der Waals surface area contributed by atoms with Gasteiger partial charge in [-0.3, -0.25) is 0 Å². The number of aromatic nitrogens is 2. The topological polar surface area (TPSA) is 37.8 Å².